The third-order valence-corrected chi connectivity index (χ3v) is 0.404. The van der Waals surface area contributed by atoms with Gasteiger partial charge in [-0.25, -0.2) is 6.92 Å². The van der Waals surface area contributed by atoms with E-state index in [0.717, 1.165) is 5.92 Å². The van der Waals surface area contributed by atoms with E-state index in [0.29, 0.717) is 6.42 Å². The van der Waals surface area contributed by atoms with Crippen molar-refractivity contribution in [1.29, 1.82) is 0 Å². The maximum Gasteiger partial charge on any atom is 0 e. The van der Waals surface area contributed by atoms with Crippen LogP contribution in [-0.2, 0) is 65.4 Å². The fourth-order valence-corrected chi connectivity index (χ4v) is 0.197. The minimum absolute atomic E-state index is 0. The monoisotopic (exact) mass is 258 g/mol. The van der Waals surface area contributed by atoms with E-state index in [1.165, 1.54) is 0 Å². The van der Waals surface area contributed by atoms with Crippen LogP contribution in [0.3, 0.4) is 0 Å². The first kappa shape index (κ1) is 16.5. The van der Waals surface area contributed by atoms with Crippen molar-refractivity contribution in [2.45, 2.75) is 13.3 Å². The Morgan fingerprint density at radius 3 is 2.00 bits per heavy atom. The normalized spacial score (nSPS) is 6.88. The quantitative estimate of drug-likeness (QED) is 0.661. The predicted octanol–water partition coefficient (Wildman–Crippen LogP) is 1.67. The van der Waals surface area contributed by atoms with E-state index in [9.17, 15) is 0 Å². The van der Waals surface area contributed by atoms with Crippen LogP contribution in [0.1, 0.15) is 13.3 Å². The first-order valence-electron chi connectivity index (χ1n) is 1.85. The van der Waals surface area contributed by atoms with Crippen molar-refractivity contribution in [2.24, 2.45) is 0 Å². The molecule has 0 fully saturated rings. The third kappa shape index (κ3) is 15.7. The molecular weight excluding hydrogens is 250 g/mol. The van der Waals surface area contributed by atoms with Crippen LogP contribution in [-0.4, -0.2) is 0 Å². The molecule has 40 valence electrons. The molecule has 2 heteroatoms. The molecule has 0 aromatic heterocycles. The van der Waals surface area contributed by atoms with Gasteiger partial charge >= 0.3 is 0 Å². The summed E-state index contributed by atoms with van der Waals surface area (Å²) >= 11 is 0. The van der Waals surface area contributed by atoms with Gasteiger partial charge in [-0.05, 0) is 0 Å². The molecule has 0 N–H and O–H groups in total. The van der Waals surface area contributed by atoms with Crippen LogP contribution in [0.25, 0.3) is 0 Å². The number of rotatable bonds is 2. The van der Waals surface area contributed by atoms with Crippen molar-refractivity contribution in [2.75, 3.05) is 0 Å². The van der Waals surface area contributed by atoms with Gasteiger partial charge in [0.05, 0.1) is 0 Å². The maximum atomic E-state index is 5.22. The van der Waals surface area contributed by atoms with E-state index in [1.807, 2.05) is 6.92 Å². The maximum absolute atomic E-state index is 5.22. The van der Waals surface area contributed by atoms with Crippen molar-refractivity contribution in [3.63, 3.8) is 0 Å². The van der Waals surface area contributed by atoms with Gasteiger partial charge in [0.15, 0.2) is 0 Å². The molecule has 0 bridgehead atoms. The molecule has 4 radical (unpaired) electrons. The topological polar surface area (TPSA) is 0 Å². The summed E-state index contributed by atoms with van der Waals surface area (Å²) in [6.07, 6.45) is 3.36. The summed E-state index contributed by atoms with van der Waals surface area (Å²) < 4.78 is 0. The average Bonchev–Trinajstić information content (AvgIpc) is 1.35. The first-order chi connectivity index (χ1) is 2.77. The summed E-state index contributed by atoms with van der Waals surface area (Å²) in [7, 11) is 0. The molecule has 0 atom stereocenters. The molecule has 0 amide bonds. The smallest absolute Gasteiger partial charge is 0 e. The van der Waals surface area contributed by atoms with Crippen LogP contribution < -0.4 is 0 Å². The fourth-order valence-electron chi connectivity index (χ4n) is 0.197. The zero-order valence-corrected chi connectivity index (χ0v) is 10.8. The van der Waals surface area contributed by atoms with Gasteiger partial charge in [-0.15, -0.1) is 0 Å². The number of hydrogen-bond donors (Lipinski definition) is 0. The van der Waals surface area contributed by atoms with Gasteiger partial charge in [0.25, 0.3) is 0 Å². The average molecular weight is 258 g/mol. The molecule has 0 aliphatic carbocycles. The van der Waals surface area contributed by atoms with Gasteiger partial charge in [-0.3, -0.25) is 6.58 Å². The molecule has 0 saturated heterocycles. The second kappa shape index (κ2) is 11.7. The molecule has 0 nitrogen and oxygen atoms in total. The van der Waals surface area contributed by atoms with Crippen LogP contribution in [0.5, 0.6) is 0 Å². The summed E-state index contributed by atoms with van der Waals surface area (Å²) in [4.78, 5) is 0. The molecule has 0 saturated carbocycles. The van der Waals surface area contributed by atoms with Gasteiger partial charge in [0.2, 0.25) is 0 Å². The molecule has 0 rings (SSSR count). The molecule has 0 aliphatic rings. The van der Waals surface area contributed by atoms with Gasteiger partial charge in [-0.1, -0.05) is 0 Å². The van der Waals surface area contributed by atoms with Crippen LogP contribution >= 0.6 is 0 Å². The number of allylic oxidation sites excluding steroid dienone is 1. The molecule has 0 unspecified atom stereocenters. The van der Waals surface area contributed by atoms with Crippen molar-refractivity contribution in [3.05, 3.63) is 25.5 Å². The molecule has 0 heterocycles. The van der Waals surface area contributed by atoms with Gasteiger partial charge < -0.3 is 18.4 Å². The van der Waals surface area contributed by atoms with Crippen molar-refractivity contribution < 1.29 is 65.4 Å². The summed E-state index contributed by atoms with van der Waals surface area (Å²) in [5.74, 6) is 0.866. The van der Waals surface area contributed by atoms with Crippen molar-refractivity contribution in [1.82, 2.24) is 0 Å². The minimum Gasteiger partial charge on any atom is -0.534 e. The SMILES string of the molecule is [CH][C-](C)C[C-]=C.[Y].[Y]. The van der Waals surface area contributed by atoms with Gasteiger partial charge in [0, 0.05) is 65.4 Å². The van der Waals surface area contributed by atoms with E-state index in [-0.39, 0.29) is 65.4 Å². The predicted molar refractivity (Wildman–Crippen MR) is 26.7 cm³/mol. The van der Waals surface area contributed by atoms with E-state index in [2.05, 4.69) is 12.7 Å². The Bertz CT molecular complexity index is 41.8. The van der Waals surface area contributed by atoms with Crippen molar-refractivity contribution >= 4 is 0 Å². The summed E-state index contributed by atoms with van der Waals surface area (Å²) in [5, 5.41) is 0. The van der Waals surface area contributed by atoms with E-state index >= 15 is 0 Å². The van der Waals surface area contributed by atoms with Crippen molar-refractivity contribution in [3.8, 4) is 0 Å². The minimum atomic E-state index is 0. The molecular formula is C6H8Y2-2. The Labute approximate surface area is 103 Å². The Hall–Kier alpha value is 1.95. The van der Waals surface area contributed by atoms with Crippen LogP contribution in [0.4, 0.5) is 0 Å². The third-order valence-electron chi connectivity index (χ3n) is 0.404. The Kier molecular flexibility index (Phi) is 24.1. The largest absolute Gasteiger partial charge is 0.534 e. The zero-order valence-electron chi connectivity index (χ0n) is 5.15. The molecule has 0 spiro atoms. The Morgan fingerprint density at radius 2 is 2.00 bits per heavy atom. The van der Waals surface area contributed by atoms with Crippen LogP contribution in [0.2, 0.25) is 0 Å². The molecule has 0 aromatic rings. The Balaban J connectivity index is -0.000000125. The van der Waals surface area contributed by atoms with E-state index < -0.39 is 0 Å². The standard InChI is InChI=1S/C6H8.2Y/c1-4-5-6(2)3;;/h2H,1,5H2,3H3;;/q-2;;. The fraction of sp³-hybridized carbons (Fsp3) is 0.333. The molecule has 8 heavy (non-hydrogen) atoms. The Morgan fingerprint density at radius 1 is 1.62 bits per heavy atom. The van der Waals surface area contributed by atoms with E-state index in [1.54, 1.807) is 0 Å². The summed E-state index contributed by atoms with van der Waals surface area (Å²) in [6, 6.07) is 0. The zero-order chi connectivity index (χ0) is 4.99. The summed E-state index contributed by atoms with van der Waals surface area (Å²) in [5.41, 5.74) is 0. The molecule has 0 aromatic carbocycles. The van der Waals surface area contributed by atoms with E-state index in [4.69, 9.17) is 6.92 Å². The van der Waals surface area contributed by atoms with Crippen LogP contribution in [0, 0.1) is 18.9 Å². The second-order valence-electron chi connectivity index (χ2n) is 1.27. The molecule has 0 aliphatic heterocycles. The summed E-state index contributed by atoms with van der Waals surface area (Å²) in [6.45, 7) is 10.4. The van der Waals surface area contributed by atoms with Gasteiger partial charge in [0.1, 0.15) is 0 Å². The second-order valence-corrected chi connectivity index (χ2v) is 1.27. The first-order valence-corrected chi connectivity index (χ1v) is 1.85. The number of hydrogen-bond acceptors (Lipinski definition) is 0. The van der Waals surface area contributed by atoms with Crippen LogP contribution in [0.15, 0.2) is 6.58 Å². The van der Waals surface area contributed by atoms with Gasteiger partial charge in [-0.2, -0.15) is 6.92 Å².